The van der Waals surface area contributed by atoms with Crippen molar-refractivity contribution in [2.75, 3.05) is 25.0 Å². The zero-order chi connectivity index (χ0) is 20.9. The summed E-state index contributed by atoms with van der Waals surface area (Å²) in [7, 11) is 0. The molecule has 1 aliphatic heterocycles. The lowest BCUT2D eigenvalue weighted by atomic mass is 9.96. The van der Waals surface area contributed by atoms with Crippen molar-refractivity contribution < 1.29 is 8.83 Å². The molecule has 2 aromatic heterocycles. The zero-order valence-corrected chi connectivity index (χ0v) is 17.9. The van der Waals surface area contributed by atoms with Gasteiger partial charge >= 0.3 is 0 Å². The highest BCUT2D eigenvalue weighted by atomic mass is 16.4. The first kappa shape index (κ1) is 20.5. The van der Waals surface area contributed by atoms with E-state index in [1.165, 1.54) is 0 Å². The van der Waals surface area contributed by atoms with Crippen molar-refractivity contribution in [2.24, 2.45) is 0 Å². The predicted molar refractivity (Wildman–Crippen MR) is 118 cm³/mol. The van der Waals surface area contributed by atoms with Crippen molar-refractivity contribution in [3.05, 3.63) is 47.4 Å². The topological polar surface area (TPSA) is 78.2 Å². The molecular formula is C24H30N4O2. The molecule has 0 amide bonds. The molecule has 1 aliphatic rings. The van der Waals surface area contributed by atoms with Crippen LogP contribution in [0.25, 0.3) is 11.1 Å². The molecule has 4 rings (SSSR count). The van der Waals surface area contributed by atoms with E-state index in [2.05, 4.69) is 28.2 Å². The second-order valence-corrected chi connectivity index (χ2v) is 8.22. The molecule has 1 aromatic carbocycles. The monoisotopic (exact) mass is 406 g/mol. The maximum absolute atomic E-state index is 9.15. The van der Waals surface area contributed by atoms with Crippen LogP contribution in [0.2, 0.25) is 0 Å². The number of aromatic nitrogens is 1. The Morgan fingerprint density at radius 1 is 1.27 bits per heavy atom. The third-order valence-corrected chi connectivity index (χ3v) is 6.19. The first-order chi connectivity index (χ1) is 14.7. The number of aryl methyl sites for hydroxylation is 1. The SMILES string of the molecule is CCC(CCCN1CCC(Nc2nc3ccccc3o2)CC1)c1cc(C#N)c(C)o1. The van der Waals surface area contributed by atoms with Crippen LogP contribution in [0.15, 0.2) is 39.2 Å². The molecule has 0 radical (unpaired) electrons. The van der Waals surface area contributed by atoms with E-state index in [4.69, 9.17) is 14.1 Å². The molecule has 1 atom stereocenters. The van der Waals surface area contributed by atoms with Crippen LogP contribution in [0, 0.1) is 18.3 Å². The van der Waals surface area contributed by atoms with Gasteiger partial charge in [-0.3, -0.25) is 0 Å². The van der Waals surface area contributed by atoms with Crippen molar-refractivity contribution in [3.63, 3.8) is 0 Å². The van der Waals surface area contributed by atoms with E-state index in [0.29, 0.717) is 23.5 Å². The molecule has 1 saturated heterocycles. The van der Waals surface area contributed by atoms with Gasteiger partial charge in [0.2, 0.25) is 0 Å². The quantitative estimate of drug-likeness (QED) is 0.536. The van der Waals surface area contributed by atoms with E-state index in [1.54, 1.807) is 0 Å². The van der Waals surface area contributed by atoms with Crippen LogP contribution in [0.5, 0.6) is 0 Å². The number of benzene rings is 1. The van der Waals surface area contributed by atoms with E-state index in [-0.39, 0.29) is 0 Å². The largest absolute Gasteiger partial charge is 0.465 e. The molecule has 3 aromatic rings. The van der Waals surface area contributed by atoms with E-state index in [0.717, 1.165) is 74.4 Å². The number of nitriles is 1. The number of likely N-dealkylation sites (tertiary alicyclic amines) is 1. The summed E-state index contributed by atoms with van der Waals surface area (Å²) in [5.41, 5.74) is 2.39. The van der Waals surface area contributed by atoms with Gasteiger partial charge in [0.15, 0.2) is 5.58 Å². The second kappa shape index (κ2) is 9.36. The lowest BCUT2D eigenvalue weighted by Crippen LogP contribution is -2.39. The number of piperidine rings is 1. The van der Waals surface area contributed by atoms with Crippen LogP contribution in [0.3, 0.4) is 0 Å². The van der Waals surface area contributed by atoms with Crippen molar-refractivity contribution in [1.29, 1.82) is 5.26 Å². The number of furan rings is 1. The van der Waals surface area contributed by atoms with Gasteiger partial charge in [-0.15, -0.1) is 0 Å². The highest BCUT2D eigenvalue weighted by molar-refractivity contribution is 5.74. The Morgan fingerprint density at radius 3 is 2.77 bits per heavy atom. The average Bonchev–Trinajstić information content (AvgIpc) is 3.34. The highest BCUT2D eigenvalue weighted by Gasteiger charge is 2.21. The minimum Gasteiger partial charge on any atom is -0.465 e. The maximum Gasteiger partial charge on any atom is 0.295 e. The van der Waals surface area contributed by atoms with Crippen molar-refractivity contribution in [1.82, 2.24) is 9.88 Å². The average molecular weight is 407 g/mol. The third kappa shape index (κ3) is 4.68. The Balaban J connectivity index is 1.21. The number of anilines is 1. The molecule has 3 heterocycles. The van der Waals surface area contributed by atoms with Gasteiger partial charge in [-0.25, -0.2) is 0 Å². The van der Waals surface area contributed by atoms with Gasteiger partial charge < -0.3 is 19.1 Å². The minimum atomic E-state index is 0.393. The number of fused-ring (bicyclic) bond motifs is 1. The lowest BCUT2D eigenvalue weighted by Gasteiger charge is -2.32. The Morgan fingerprint density at radius 2 is 2.07 bits per heavy atom. The van der Waals surface area contributed by atoms with Crippen molar-refractivity contribution >= 4 is 17.1 Å². The number of hydrogen-bond donors (Lipinski definition) is 1. The highest BCUT2D eigenvalue weighted by Crippen LogP contribution is 2.29. The van der Waals surface area contributed by atoms with Crippen LogP contribution >= 0.6 is 0 Å². The zero-order valence-electron chi connectivity index (χ0n) is 17.9. The summed E-state index contributed by atoms with van der Waals surface area (Å²) in [5.74, 6) is 2.09. The summed E-state index contributed by atoms with van der Waals surface area (Å²) in [6.45, 7) is 7.35. The summed E-state index contributed by atoms with van der Waals surface area (Å²) in [6, 6.07) is 13.0. The van der Waals surface area contributed by atoms with Gasteiger partial charge in [-0.1, -0.05) is 19.1 Å². The second-order valence-electron chi connectivity index (χ2n) is 8.22. The van der Waals surface area contributed by atoms with Crippen LogP contribution in [-0.2, 0) is 0 Å². The van der Waals surface area contributed by atoms with Crippen molar-refractivity contribution in [3.8, 4) is 6.07 Å². The van der Waals surface area contributed by atoms with Crippen LogP contribution < -0.4 is 5.32 Å². The van der Waals surface area contributed by atoms with E-state index < -0.39 is 0 Å². The minimum absolute atomic E-state index is 0.393. The maximum atomic E-state index is 9.15. The summed E-state index contributed by atoms with van der Waals surface area (Å²) in [6.07, 6.45) is 5.46. The molecule has 1 fully saturated rings. The molecule has 1 N–H and O–H groups in total. The van der Waals surface area contributed by atoms with Crippen LogP contribution in [0.4, 0.5) is 6.01 Å². The molecule has 158 valence electrons. The number of para-hydroxylation sites is 2. The number of hydrogen-bond acceptors (Lipinski definition) is 6. The predicted octanol–water partition coefficient (Wildman–Crippen LogP) is 5.45. The summed E-state index contributed by atoms with van der Waals surface area (Å²) in [4.78, 5) is 7.07. The number of rotatable bonds is 8. The fourth-order valence-electron chi connectivity index (χ4n) is 4.34. The molecule has 0 bridgehead atoms. The molecule has 0 aliphatic carbocycles. The van der Waals surface area contributed by atoms with Crippen LogP contribution in [0.1, 0.15) is 62.0 Å². The smallest absolute Gasteiger partial charge is 0.295 e. The van der Waals surface area contributed by atoms with Gasteiger partial charge in [0.05, 0.1) is 5.56 Å². The molecule has 6 nitrogen and oxygen atoms in total. The Bertz CT molecular complexity index is 975. The number of nitrogens with zero attached hydrogens (tertiary/aromatic N) is 3. The van der Waals surface area contributed by atoms with E-state index in [1.807, 2.05) is 37.3 Å². The standard InChI is InChI=1S/C24H30N4O2/c1-3-18(23-15-19(16-25)17(2)29-23)7-6-12-28-13-10-20(11-14-28)26-24-27-21-8-4-5-9-22(21)30-24/h4-5,8-9,15,18,20H,3,6-7,10-14H2,1-2H3,(H,26,27). The summed E-state index contributed by atoms with van der Waals surface area (Å²) in [5, 5.41) is 12.6. The molecule has 1 unspecified atom stereocenters. The fourth-order valence-corrected chi connectivity index (χ4v) is 4.34. The molecule has 6 heteroatoms. The fraction of sp³-hybridized carbons (Fsp3) is 0.500. The van der Waals surface area contributed by atoms with Gasteiger partial charge in [0, 0.05) is 25.0 Å². The molecular weight excluding hydrogens is 376 g/mol. The first-order valence-corrected chi connectivity index (χ1v) is 11.0. The van der Waals surface area contributed by atoms with Crippen LogP contribution in [-0.4, -0.2) is 35.6 Å². The van der Waals surface area contributed by atoms with Crippen molar-refractivity contribution in [2.45, 2.75) is 57.9 Å². The number of oxazole rings is 1. The summed E-state index contributed by atoms with van der Waals surface area (Å²) >= 11 is 0. The summed E-state index contributed by atoms with van der Waals surface area (Å²) < 4.78 is 11.6. The molecule has 30 heavy (non-hydrogen) atoms. The Hall–Kier alpha value is -2.78. The van der Waals surface area contributed by atoms with Gasteiger partial charge in [-0.2, -0.15) is 10.2 Å². The van der Waals surface area contributed by atoms with Gasteiger partial charge in [-0.05, 0) is 63.8 Å². The Labute approximate surface area is 177 Å². The van der Waals surface area contributed by atoms with Gasteiger partial charge in [0.25, 0.3) is 6.01 Å². The number of nitrogens with one attached hydrogen (secondary N) is 1. The normalized spacial score (nSPS) is 16.6. The lowest BCUT2D eigenvalue weighted by molar-refractivity contribution is 0.211. The Kier molecular flexibility index (Phi) is 6.39. The third-order valence-electron chi connectivity index (χ3n) is 6.19. The molecule has 0 saturated carbocycles. The first-order valence-electron chi connectivity index (χ1n) is 11.0. The van der Waals surface area contributed by atoms with E-state index in [9.17, 15) is 0 Å². The molecule has 0 spiro atoms. The van der Waals surface area contributed by atoms with Gasteiger partial charge in [0.1, 0.15) is 23.1 Å². The van der Waals surface area contributed by atoms with E-state index >= 15 is 0 Å².